The van der Waals surface area contributed by atoms with Crippen LogP contribution in [0.1, 0.15) is 33.3 Å². The number of allylic oxidation sites excluding steroid dienone is 2. The molecule has 0 saturated heterocycles. The van der Waals surface area contributed by atoms with Gasteiger partial charge in [-0.05, 0) is 32.3 Å². The molecule has 0 aliphatic carbocycles. The molecule has 0 spiro atoms. The summed E-state index contributed by atoms with van der Waals surface area (Å²) in [4.78, 5) is 12.1. The first-order valence-electron chi connectivity index (χ1n) is 6.32. The van der Waals surface area contributed by atoms with Gasteiger partial charge in [0.1, 0.15) is 6.61 Å². The van der Waals surface area contributed by atoms with Crippen LogP contribution in [-0.4, -0.2) is 5.97 Å². The minimum Gasteiger partial charge on any atom is -0.460 e. The van der Waals surface area contributed by atoms with Crippen molar-refractivity contribution < 1.29 is 9.53 Å². The molecule has 0 bridgehead atoms. The molecule has 1 aromatic rings. The summed E-state index contributed by atoms with van der Waals surface area (Å²) < 4.78 is 5.39. The van der Waals surface area contributed by atoms with Crippen molar-refractivity contribution in [2.45, 2.75) is 34.3 Å². The summed E-state index contributed by atoms with van der Waals surface area (Å²) in [5, 5.41) is 0. The van der Waals surface area contributed by atoms with Crippen molar-refractivity contribution in [3.05, 3.63) is 48.0 Å². The third-order valence-corrected chi connectivity index (χ3v) is 3.36. The first kappa shape index (κ1) is 14.5. The topological polar surface area (TPSA) is 26.3 Å². The van der Waals surface area contributed by atoms with E-state index in [2.05, 4.69) is 0 Å². The predicted molar refractivity (Wildman–Crippen MR) is 74.0 cm³/mol. The summed E-state index contributed by atoms with van der Waals surface area (Å²) in [5.41, 5.74) is 0.515. The minimum absolute atomic E-state index is 0.156. The van der Waals surface area contributed by atoms with E-state index in [4.69, 9.17) is 4.74 Å². The Morgan fingerprint density at radius 1 is 1.33 bits per heavy atom. The van der Waals surface area contributed by atoms with Gasteiger partial charge in [-0.25, -0.2) is 0 Å². The fourth-order valence-corrected chi connectivity index (χ4v) is 1.62. The van der Waals surface area contributed by atoms with E-state index in [0.29, 0.717) is 6.61 Å². The Labute approximate surface area is 110 Å². The van der Waals surface area contributed by atoms with Gasteiger partial charge < -0.3 is 4.74 Å². The lowest BCUT2D eigenvalue weighted by Gasteiger charge is -2.27. The highest BCUT2D eigenvalue weighted by atomic mass is 16.5. The maximum Gasteiger partial charge on any atom is 0.312 e. The lowest BCUT2D eigenvalue weighted by atomic mass is 9.80. The van der Waals surface area contributed by atoms with Crippen LogP contribution in [0, 0.1) is 11.3 Å². The molecule has 1 aromatic carbocycles. The summed E-state index contributed by atoms with van der Waals surface area (Å²) in [6.45, 7) is 8.17. The Morgan fingerprint density at radius 3 is 2.50 bits per heavy atom. The molecular weight excluding hydrogens is 224 g/mol. The zero-order valence-corrected chi connectivity index (χ0v) is 11.6. The third-order valence-electron chi connectivity index (χ3n) is 3.36. The van der Waals surface area contributed by atoms with Gasteiger partial charge in [-0.15, -0.1) is 0 Å². The van der Waals surface area contributed by atoms with Gasteiger partial charge in [0.05, 0.1) is 5.41 Å². The molecule has 2 heteroatoms. The summed E-state index contributed by atoms with van der Waals surface area (Å²) in [7, 11) is 0. The Kier molecular flexibility index (Phi) is 5.14. The van der Waals surface area contributed by atoms with Crippen LogP contribution in [0.2, 0.25) is 0 Å². The van der Waals surface area contributed by atoms with Crippen LogP contribution in [0.3, 0.4) is 0 Å². The normalized spacial score (nSPS) is 13.6. The molecule has 1 rings (SSSR count). The van der Waals surface area contributed by atoms with Gasteiger partial charge in [-0.2, -0.15) is 0 Å². The quantitative estimate of drug-likeness (QED) is 0.580. The lowest BCUT2D eigenvalue weighted by molar-refractivity contribution is -0.157. The molecule has 0 amide bonds. The summed E-state index contributed by atoms with van der Waals surface area (Å²) in [5.74, 6) is 0.00252. The Bertz CT molecular complexity index is 404. The van der Waals surface area contributed by atoms with Gasteiger partial charge in [-0.3, -0.25) is 4.79 Å². The van der Waals surface area contributed by atoms with Crippen molar-refractivity contribution in [1.82, 2.24) is 0 Å². The van der Waals surface area contributed by atoms with Crippen LogP contribution in [0.15, 0.2) is 42.5 Å². The lowest BCUT2D eigenvalue weighted by Crippen LogP contribution is -2.32. The average molecular weight is 246 g/mol. The van der Waals surface area contributed by atoms with E-state index >= 15 is 0 Å². The number of hydrogen-bond donors (Lipinski definition) is 0. The van der Waals surface area contributed by atoms with Crippen molar-refractivity contribution in [2.24, 2.45) is 11.3 Å². The first-order valence-corrected chi connectivity index (χ1v) is 6.32. The molecule has 0 radical (unpaired) electrons. The number of carbonyl (C=O) groups is 1. The number of ether oxygens (including phenoxy) is 1. The molecule has 0 saturated carbocycles. The van der Waals surface area contributed by atoms with Gasteiger partial charge in [-0.1, -0.05) is 49.4 Å². The molecule has 1 unspecified atom stereocenters. The van der Waals surface area contributed by atoms with Gasteiger partial charge in [0.2, 0.25) is 0 Å². The molecular formula is C16H22O2. The van der Waals surface area contributed by atoms with Crippen molar-refractivity contribution in [1.29, 1.82) is 0 Å². The maximum atomic E-state index is 12.1. The Morgan fingerprint density at radius 2 is 1.94 bits per heavy atom. The second kappa shape index (κ2) is 6.39. The number of benzene rings is 1. The van der Waals surface area contributed by atoms with E-state index in [0.717, 1.165) is 5.56 Å². The molecule has 0 fully saturated rings. The number of carbonyl (C=O) groups excluding carboxylic acids is 1. The second-order valence-corrected chi connectivity index (χ2v) is 5.10. The van der Waals surface area contributed by atoms with E-state index < -0.39 is 5.41 Å². The maximum absolute atomic E-state index is 12.1. The van der Waals surface area contributed by atoms with Crippen molar-refractivity contribution in [3.63, 3.8) is 0 Å². The predicted octanol–water partition coefficient (Wildman–Crippen LogP) is 3.97. The van der Waals surface area contributed by atoms with E-state index in [9.17, 15) is 4.79 Å². The fraction of sp³-hybridized carbons (Fsp3) is 0.438. The van der Waals surface area contributed by atoms with Crippen LogP contribution in [-0.2, 0) is 16.1 Å². The monoisotopic (exact) mass is 246 g/mol. The van der Waals surface area contributed by atoms with Crippen LogP contribution in [0.5, 0.6) is 0 Å². The highest BCUT2D eigenvalue weighted by molar-refractivity contribution is 5.76. The summed E-state index contributed by atoms with van der Waals surface area (Å²) in [6.07, 6.45) is 4.00. The zero-order valence-electron chi connectivity index (χ0n) is 11.6. The van der Waals surface area contributed by atoms with Crippen LogP contribution in [0.25, 0.3) is 0 Å². The number of hydrogen-bond acceptors (Lipinski definition) is 2. The van der Waals surface area contributed by atoms with E-state index in [1.165, 1.54) is 0 Å². The Hall–Kier alpha value is -1.57. The minimum atomic E-state index is -0.499. The van der Waals surface area contributed by atoms with E-state index in [1.54, 1.807) is 0 Å². The standard InChI is InChI=1S/C16H22O2/c1-5-9-13(2)16(3,4)15(17)18-12-14-10-7-6-8-11-14/h5-11,13H,12H2,1-4H3/b9-5+. The number of esters is 1. The van der Waals surface area contributed by atoms with Gasteiger partial charge in [0.25, 0.3) is 0 Å². The number of rotatable bonds is 5. The van der Waals surface area contributed by atoms with Crippen molar-refractivity contribution >= 4 is 5.97 Å². The van der Waals surface area contributed by atoms with Crippen molar-refractivity contribution in [3.8, 4) is 0 Å². The van der Waals surface area contributed by atoms with Crippen LogP contribution < -0.4 is 0 Å². The first-order chi connectivity index (χ1) is 8.48. The molecule has 0 aromatic heterocycles. The SMILES string of the molecule is C/C=C/C(C)C(C)(C)C(=O)OCc1ccccc1. The van der Waals surface area contributed by atoms with Crippen molar-refractivity contribution in [2.75, 3.05) is 0 Å². The summed E-state index contributed by atoms with van der Waals surface area (Å²) in [6, 6.07) is 9.74. The molecule has 2 nitrogen and oxygen atoms in total. The fourth-order valence-electron chi connectivity index (χ4n) is 1.62. The molecule has 1 atom stereocenters. The zero-order chi connectivity index (χ0) is 13.6. The smallest absolute Gasteiger partial charge is 0.312 e. The second-order valence-electron chi connectivity index (χ2n) is 5.10. The van der Waals surface area contributed by atoms with Gasteiger partial charge in [0.15, 0.2) is 0 Å². The van der Waals surface area contributed by atoms with Crippen LogP contribution in [0.4, 0.5) is 0 Å². The molecule has 0 aliphatic heterocycles. The molecule has 0 aliphatic rings. The Balaban J connectivity index is 2.60. The van der Waals surface area contributed by atoms with Gasteiger partial charge >= 0.3 is 5.97 Å². The van der Waals surface area contributed by atoms with Crippen LogP contribution >= 0.6 is 0 Å². The molecule has 98 valence electrons. The van der Waals surface area contributed by atoms with E-state index in [-0.39, 0.29) is 11.9 Å². The third kappa shape index (κ3) is 3.73. The molecule has 0 N–H and O–H groups in total. The largest absolute Gasteiger partial charge is 0.460 e. The molecule has 18 heavy (non-hydrogen) atoms. The average Bonchev–Trinajstić information content (AvgIpc) is 2.37. The molecule has 0 heterocycles. The van der Waals surface area contributed by atoms with Gasteiger partial charge in [0, 0.05) is 0 Å². The summed E-state index contributed by atoms with van der Waals surface area (Å²) >= 11 is 0. The highest BCUT2D eigenvalue weighted by Gasteiger charge is 2.33. The van der Waals surface area contributed by atoms with E-state index in [1.807, 2.05) is 70.2 Å². The highest BCUT2D eigenvalue weighted by Crippen LogP contribution is 2.29.